The van der Waals surface area contributed by atoms with Crippen molar-refractivity contribution in [2.75, 3.05) is 26.5 Å². The van der Waals surface area contributed by atoms with E-state index >= 15 is 0 Å². The van der Waals surface area contributed by atoms with Crippen LogP contribution in [0.3, 0.4) is 0 Å². The van der Waals surface area contributed by atoms with Gasteiger partial charge in [0.05, 0.1) is 0 Å². The predicted molar refractivity (Wildman–Crippen MR) is 66.4 cm³/mol. The van der Waals surface area contributed by atoms with Gasteiger partial charge in [0.25, 0.3) is 0 Å². The van der Waals surface area contributed by atoms with Crippen molar-refractivity contribution in [3.05, 3.63) is 29.6 Å². The second-order valence-corrected chi connectivity index (χ2v) is 4.69. The number of methoxy groups -OCH3 is 1. The lowest BCUT2D eigenvalue weighted by Gasteiger charge is -2.05. The van der Waals surface area contributed by atoms with Gasteiger partial charge in [0.1, 0.15) is 5.82 Å². The van der Waals surface area contributed by atoms with Gasteiger partial charge in [-0.05, 0) is 37.2 Å². The Morgan fingerprint density at radius 1 is 1.38 bits per heavy atom. The highest BCUT2D eigenvalue weighted by molar-refractivity contribution is 7.99. The fourth-order valence-electron chi connectivity index (χ4n) is 1.40. The molecule has 2 nitrogen and oxygen atoms in total. The molecule has 1 aromatic carbocycles. The van der Waals surface area contributed by atoms with Crippen LogP contribution in [0.1, 0.15) is 12.0 Å². The van der Waals surface area contributed by atoms with Crippen molar-refractivity contribution in [2.45, 2.75) is 17.9 Å². The smallest absolute Gasteiger partial charge is 0.124 e. The van der Waals surface area contributed by atoms with E-state index in [1.165, 1.54) is 0 Å². The van der Waals surface area contributed by atoms with Crippen molar-refractivity contribution in [3.63, 3.8) is 0 Å². The first-order valence-corrected chi connectivity index (χ1v) is 6.30. The van der Waals surface area contributed by atoms with E-state index < -0.39 is 0 Å². The van der Waals surface area contributed by atoms with Gasteiger partial charge in [-0.1, -0.05) is 0 Å². The van der Waals surface area contributed by atoms with Crippen LogP contribution in [0.5, 0.6) is 0 Å². The quantitative estimate of drug-likeness (QED) is 0.587. The molecule has 0 aliphatic heterocycles. The summed E-state index contributed by atoms with van der Waals surface area (Å²) in [7, 11) is 3.55. The summed E-state index contributed by atoms with van der Waals surface area (Å²) in [6, 6.07) is 5.17. The van der Waals surface area contributed by atoms with E-state index in [4.69, 9.17) is 4.74 Å². The lowest BCUT2D eigenvalue weighted by Crippen LogP contribution is -2.05. The van der Waals surface area contributed by atoms with Crippen LogP contribution >= 0.6 is 11.8 Å². The number of halogens is 1. The van der Waals surface area contributed by atoms with Gasteiger partial charge in [0.2, 0.25) is 0 Å². The van der Waals surface area contributed by atoms with Crippen LogP contribution in [0.2, 0.25) is 0 Å². The molecule has 0 aliphatic rings. The zero-order chi connectivity index (χ0) is 11.8. The van der Waals surface area contributed by atoms with Gasteiger partial charge in [-0.3, -0.25) is 0 Å². The minimum absolute atomic E-state index is 0.165. The molecule has 0 saturated heterocycles. The second kappa shape index (κ2) is 7.65. The molecule has 90 valence electrons. The molecule has 0 heterocycles. The van der Waals surface area contributed by atoms with Crippen LogP contribution in [0.4, 0.5) is 4.39 Å². The Kier molecular flexibility index (Phi) is 6.45. The van der Waals surface area contributed by atoms with Gasteiger partial charge in [-0.25, -0.2) is 4.39 Å². The highest BCUT2D eigenvalue weighted by Gasteiger charge is 2.01. The lowest BCUT2D eigenvalue weighted by atomic mass is 10.2. The molecule has 0 radical (unpaired) electrons. The number of nitrogens with one attached hydrogen (secondary N) is 1. The summed E-state index contributed by atoms with van der Waals surface area (Å²) in [5.74, 6) is 0.790. The van der Waals surface area contributed by atoms with E-state index in [1.807, 2.05) is 13.1 Å². The monoisotopic (exact) mass is 243 g/mol. The Morgan fingerprint density at radius 2 is 2.19 bits per heavy atom. The van der Waals surface area contributed by atoms with Crippen LogP contribution in [0.15, 0.2) is 23.1 Å². The van der Waals surface area contributed by atoms with Gasteiger partial charge < -0.3 is 10.1 Å². The van der Waals surface area contributed by atoms with Gasteiger partial charge in [0.15, 0.2) is 0 Å². The minimum Gasteiger partial charge on any atom is -0.385 e. The molecule has 16 heavy (non-hydrogen) atoms. The van der Waals surface area contributed by atoms with Gasteiger partial charge >= 0.3 is 0 Å². The van der Waals surface area contributed by atoms with E-state index in [-0.39, 0.29) is 5.82 Å². The largest absolute Gasteiger partial charge is 0.385 e. The second-order valence-electron chi connectivity index (χ2n) is 3.52. The number of ether oxygens (including phenoxy) is 1. The normalized spacial score (nSPS) is 10.7. The fraction of sp³-hybridized carbons (Fsp3) is 0.500. The highest BCUT2D eigenvalue weighted by atomic mass is 32.2. The Bertz CT molecular complexity index is 320. The Morgan fingerprint density at radius 3 is 2.88 bits per heavy atom. The summed E-state index contributed by atoms with van der Waals surface area (Å²) in [5, 5.41) is 3.02. The molecular weight excluding hydrogens is 225 g/mol. The average Bonchev–Trinajstić information content (AvgIpc) is 2.24. The first-order chi connectivity index (χ1) is 7.76. The minimum atomic E-state index is -0.165. The standard InChI is InChI=1S/C12H18FNOS/c1-14-9-10-6-11(13)8-12(7-10)16-5-3-4-15-2/h6-8,14H,3-5,9H2,1-2H3. The summed E-state index contributed by atoms with van der Waals surface area (Å²) in [6.45, 7) is 1.45. The summed E-state index contributed by atoms with van der Waals surface area (Å²) in [6.07, 6.45) is 0.985. The summed E-state index contributed by atoms with van der Waals surface area (Å²) >= 11 is 1.67. The topological polar surface area (TPSA) is 21.3 Å². The maximum absolute atomic E-state index is 13.3. The van der Waals surface area contributed by atoms with Crippen molar-refractivity contribution >= 4 is 11.8 Å². The third-order valence-electron chi connectivity index (χ3n) is 2.07. The molecule has 1 N–H and O–H groups in total. The molecule has 0 amide bonds. The molecule has 0 aliphatic carbocycles. The molecule has 1 aromatic rings. The van der Waals surface area contributed by atoms with Crippen molar-refractivity contribution in [2.24, 2.45) is 0 Å². The first kappa shape index (κ1) is 13.5. The molecule has 1 rings (SSSR count). The van der Waals surface area contributed by atoms with Crippen molar-refractivity contribution in [1.82, 2.24) is 5.32 Å². The lowest BCUT2D eigenvalue weighted by molar-refractivity contribution is 0.200. The van der Waals surface area contributed by atoms with E-state index in [0.29, 0.717) is 6.54 Å². The van der Waals surface area contributed by atoms with Crippen molar-refractivity contribution in [3.8, 4) is 0 Å². The third kappa shape index (κ3) is 4.96. The molecule has 0 saturated carbocycles. The summed E-state index contributed by atoms with van der Waals surface area (Å²) < 4.78 is 18.2. The molecule has 4 heteroatoms. The van der Waals surface area contributed by atoms with Crippen LogP contribution < -0.4 is 5.32 Å². The van der Waals surface area contributed by atoms with Crippen molar-refractivity contribution < 1.29 is 9.13 Å². The van der Waals surface area contributed by atoms with E-state index in [2.05, 4.69) is 5.32 Å². The van der Waals surface area contributed by atoms with E-state index in [9.17, 15) is 4.39 Å². The van der Waals surface area contributed by atoms with Crippen LogP contribution in [-0.2, 0) is 11.3 Å². The van der Waals surface area contributed by atoms with Gasteiger partial charge in [0, 0.05) is 30.9 Å². The Balaban J connectivity index is 2.51. The molecule has 0 unspecified atom stereocenters. The average molecular weight is 243 g/mol. The number of rotatable bonds is 7. The molecular formula is C12H18FNOS. The molecule has 0 atom stereocenters. The SMILES string of the molecule is CNCc1cc(F)cc(SCCCOC)c1. The number of benzene rings is 1. The molecule has 0 spiro atoms. The zero-order valence-corrected chi connectivity index (χ0v) is 10.6. The highest BCUT2D eigenvalue weighted by Crippen LogP contribution is 2.21. The number of hydrogen-bond acceptors (Lipinski definition) is 3. The van der Waals surface area contributed by atoms with Gasteiger partial charge in [-0.2, -0.15) is 0 Å². The summed E-state index contributed by atoms with van der Waals surface area (Å²) in [5.41, 5.74) is 0.983. The van der Waals surface area contributed by atoms with E-state index in [1.54, 1.807) is 31.0 Å². The molecule has 0 bridgehead atoms. The Hall–Kier alpha value is -0.580. The number of hydrogen-bond donors (Lipinski definition) is 1. The maximum atomic E-state index is 13.3. The van der Waals surface area contributed by atoms with Gasteiger partial charge in [-0.15, -0.1) is 11.8 Å². The van der Waals surface area contributed by atoms with Crippen LogP contribution in [0.25, 0.3) is 0 Å². The summed E-state index contributed by atoms with van der Waals surface area (Å²) in [4.78, 5) is 0.987. The zero-order valence-electron chi connectivity index (χ0n) is 9.75. The first-order valence-electron chi connectivity index (χ1n) is 5.32. The Labute approximate surface area is 101 Å². The number of thioether (sulfide) groups is 1. The molecule has 0 fully saturated rings. The van der Waals surface area contributed by atoms with E-state index in [0.717, 1.165) is 29.2 Å². The third-order valence-corrected chi connectivity index (χ3v) is 3.14. The maximum Gasteiger partial charge on any atom is 0.124 e. The predicted octanol–water partition coefficient (Wildman–Crippen LogP) is 2.67. The van der Waals surface area contributed by atoms with Crippen LogP contribution in [-0.4, -0.2) is 26.5 Å². The van der Waals surface area contributed by atoms with Crippen LogP contribution in [0, 0.1) is 5.82 Å². The van der Waals surface area contributed by atoms with Crippen molar-refractivity contribution in [1.29, 1.82) is 0 Å². The fourth-order valence-corrected chi connectivity index (χ4v) is 2.33. The molecule has 0 aromatic heterocycles.